The van der Waals surface area contributed by atoms with Crippen LogP contribution in [0.1, 0.15) is 23.2 Å². The van der Waals surface area contributed by atoms with Gasteiger partial charge in [0.15, 0.2) is 0 Å². The zero-order chi connectivity index (χ0) is 15.8. The predicted octanol–water partition coefficient (Wildman–Crippen LogP) is 0.482. The molecule has 0 unspecified atom stereocenters. The molecule has 0 aliphatic heterocycles. The van der Waals surface area contributed by atoms with Crippen LogP contribution < -0.4 is 10.6 Å². The van der Waals surface area contributed by atoms with Crippen molar-refractivity contribution in [3.63, 3.8) is 0 Å². The number of nitrogens with zero attached hydrogens (tertiary/aromatic N) is 4. The summed E-state index contributed by atoms with van der Waals surface area (Å²) in [5.74, 6) is -0.587. The highest BCUT2D eigenvalue weighted by Crippen LogP contribution is 2.03. The molecule has 1 aliphatic carbocycles. The van der Waals surface area contributed by atoms with E-state index in [0.717, 1.165) is 0 Å². The number of hydrogen-bond donors (Lipinski definition) is 1. The second-order valence-electron chi connectivity index (χ2n) is 4.20. The number of carbonyl (C=O) groups excluding carboxylic acids is 1. The molecule has 2 rings (SSSR count). The lowest BCUT2D eigenvalue weighted by Gasteiger charge is -1.99. The summed E-state index contributed by atoms with van der Waals surface area (Å²) >= 11 is 6.15. The maximum absolute atomic E-state index is 12.0. The number of aromatic amines is 1. The van der Waals surface area contributed by atoms with Gasteiger partial charge in [-0.3, -0.25) is 0 Å². The summed E-state index contributed by atoms with van der Waals surface area (Å²) in [5.41, 5.74) is 0.202. The third-order valence-electron chi connectivity index (χ3n) is 2.69. The zero-order valence-corrected chi connectivity index (χ0v) is 12.2. The molecule has 0 bridgehead atoms. The van der Waals surface area contributed by atoms with Crippen LogP contribution in [0.2, 0.25) is 0 Å². The molecule has 22 heavy (non-hydrogen) atoms. The van der Waals surface area contributed by atoms with E-state index in [0.29, 0.717) is 22.0 Å². The normalized spacial score (nSPS) is 12.3. The monoisotopic (exact) mass is 317 g/mol. The Labute approximate surface area is 130 Å². The van der Waals surface area contributed by atoms with Gasteiger partial charge in [0.05, 0.1) is 29.3 Å². The van der Waals surface area contributed by atoms with Gasteiger partial charge in [-0.05, 0) is 18.6 Å². The molecular formula is C14H12ClN5O2. The van der Waals surface area contributed by atoms with Crippen LogP contribution in [0, 0.1) is 11.3 Å². The molecule has 1 heterocycles. The van der Waals surface area contributed by atoms with Crippen molar-refractivity contribution in [2.75, 3.05) is 6.61 Å². The summed E-state index contributed by atoms with van der Waals surface area (Å²) in [4.78, 5) is 12.0. The first-order valence-corrected chi connectivity index (χ1v) is 6.81. The van der Waals surface area contributed by atoms with Gasteiger partial charge in [-0.1, -0.05) is 29.0 Å². The van der Waals surface area contributed by atoms with Gasteiger partial charge in [0.2, 0.25) is 0 Å². The van der Waals surface area contributed by atoms with E-state index in [2.05, 4.69) is 20.6 Å². The Bertz CT molecular complexity index is 805. The van der Waals surface area contributed by atoms with Crippen molar-refractivity contribution in [3.8, 4) is 6.07 Å². The zero-order valence-electron chi connectivity index (χ0n) is 11.5. The van der Waals surface area contributed by atoms with E-state index in [-0.39, 0.29) is 18.6 Å². The first-order chi connectivity index (χ1) is 10.7. The minimum atomic E-state index is -0.587. The summed E-state index contributed by atoms with van der Waals surface area (Å²) in [6.45, 7) is 0.0206. The number of nitriles is 1. The number of fused-ring (bicyclic) bond motifs is 1. The third kappa shape index (κ3) is 4.14. The Morgan fingerprint density at radius 3 is 3.23 bits per heavy atom. The number of hydrogen-bond acceptors (Lipinski definition) is 6. The van der Waals surface area contributed by atoms with Gasteiger partial charge < -0.3 is 4.74 Å². The summed E-state index contributed by atoms with van der Waals surface area (Å²) in [5, 5.41) is 23.7. The van der Waals surface area contributed by atoms with E-state index in [1.807, 2.05) is 18.2 Å². The third-order valence-corrected chi connectivity index (χ3v) is 2.99. The predicted molar refractivity (Wildman–Crippen MR) is 79.1 cm³/mol. The van der Waals surface area contributed by atoms with Crippen LogP contribution in [0.3, 0.4) is 0 Å². The van der Waals surface area contributed by atoms with Crippen LogP contribution in [-0.4, -0.2) is 33.2 Å². The Morgan fingerprint density at radius 1 is 1.55 bits per heavy atom. The van der Waals surface area contributed by atoms with Crippen molar-refractivity contribution >= 4 is 28.7 Å². The smallest absolute Gasteiger partial charge is 0.339 e. The van der Waals surface area contributed by atoms with Crippen LogP contribution >= 0.6 is 11.6 Å². The maximum atomic E-state index is 12.0. The molecule has 1 aromatic heterocycles. The van der Waals surface area contributed by atoms with Crippen molar-refractivity contribution in [1.82, 2.24) is 20.6 Å². The number of halogens is 1. The number of nitrogens with one attached hydrogen (secondary N) is 1. The molecule has 8 heteroatoms. The molecular weight excluding hydrogens is 306 g/mol. The Balaban J connectivity index is 2.56. The lowest BCUT2D eigenvalue weighted by Crippen LogP contribution is -2.28. The average molecular weight is 318 g/mol. The minimum absolute atomic E-state index is 0.0206. The van der Waals surface area contributed by atoms with Gasteiger partial charge >= 0.3 is 5.97 Å². The number of esters is 1. The first kappa shape index (κ1) is 15.7. The molecule has 1 N–H and O–H groups in total. The molecule has 0 aromatic carbocycles. The van der Waals surface area contributed by atoms with Gasteiger partial charge in [0, 0.05) is 5.22 Å². The second kappa shape index (κ2) is 7.90. The number of aromatic nitrogens is 4. The van der Waals surface area contributed by atoms with Crippen molar-refractivity contribution in [2.45, 2.75) is 12.8 Å². The van der Waals surface area contributed by atoms with Gasteiger partial charge in [-0.25, -0.2) is 4.79 Å². The topological polar surface area (TPSA) is 105 Å². The Morgan fingerprint density at radius 2 is 2.41 bits per heavy atom. The molecule has 1 aromatic rings. The van der Waals surface area contributed by atoms with Gasteiger partial charge in [0.25, 0.3) is 0 Å². The maximum Gasteiger partial charge on any atom is 0.339 e. The molecule has 0 amide bonds. The van der Waals surface area contributed by atoms with Gasteiger partial charge in [0.1, 0.15) is 12.0 Å². The van der Waals surface area contributed by atoms with Crippen molar-refractivity contribution in [3.05, 3.63) is 40.5 Å². The average Bonchev–Trinajstić information content (AvgIpc) is 2.61. The summed E-state index contributed by atoms with van der Waals surface area (Å²) < 4.78 is 5.00. The fourth-order valence-corrected chi connectivity index (χ4v) is 1.93. The Kier molecular flexibility index (Phi) is 5.63. The van der Waals surface area contributed by atoms with Crippen LogP contribution in [0.25, 0.3) is 11.1 Å². The van der Waals surface area contributed by atoms with Crippen LogP contribution in [0.4, 0.5) is 0 Å². The van der Waals surface area contributed by atoms with Crippen molar-refractivity contribution in [1.29, 1.82) is 5.26 Å². The van der Waals surface area contributed by atoms with E-state index >= 15 is 0 Å². The molecule has 0 saturated carbocycles. The fraction of sp³-hybridized carbons (Fsp3) is 0.214. The number of H-pyrrole nitrogens is 1. The highest BCUT2D eigenvalue weighted by molar-refractivity contribution is 6.47. The van der Waals surface area contributed by atoms with Crippen LogP contribution in [0.15, 0.2) is 24.4 Å². The largest absolute Gasteiger partial charge is 0.461 e. The SMILES string of the molecule is N#CCCOC(=O)c1cn[nH]nnc2c(c1)=CCC=CC=2Cl. The highest BCUT2D eigenvalue weighted by Gasteiger charge is 2.07. The molecule has 0 radical (unpaired) electrons. The summed E-state index contributed by atoms with van der Waals surface area (Å²) in [7, 11) is 0. The number of allylic oxidation sites excluding steroid dienone is 2. The van der Waals surface area contributed by atoms with Crippen LogP contribution in [-0.2, 0) is 4.74 Å². The standard InChI is InChI=1S/C14H12ClN5O2/c15-12-5-2-1-4-10-8-11(14(21)22-7-3-6-16)9-17-19-20-18-13(10)12/h2,4-5,8-9H,1,3,7H2,(H,18,19). The summed E-state index contributed by atoms with van der Waals surface area (Å²) in [6, 6.07) is 3.48. The molecule has 7 nitrogen and oxygen atoms in total. The Hall–Kier alpha value is -2.72. The molecule has 112 valence electrons. The minimum Gasteiger partial charge on any atom is -0.461 e. The lowest BCUT2D eigenvalue weighted by atomic mass is 10.2. The lowest BCUT2D eigenvalue weighted by molar-refractivity contribution is 0.0513. The van der Waals surface area contributed by atoms with Gasteiger partial charge in [-0.15, -0.1) is 5.10 Å². The van der Waals surface area contributed by atoms with E-state index in [9.17, 15) is 4.79 Å². The first-order valence-electron chi connectivity index (χ1n) is 6.44. The van der Waals surface area contributed by atoms with E-state index in [1.165, 1.54) is 6.20 Å². The molecule has 0 saturated heterocycles. The molecule has 0 spiro atoms. The van der Waals surface area contributed by atoms with Crippen molar-refractivity contribution < 1.29 is 9.53 Å². The highest BCUT2D eigenvalue weighted by atomic mass is 35.5. The van der Waals surface area contributed by atoms with Crippen LogP contribution in [0.5, 0.6) is 0 Å². The number of rotatable bonds is 3. The van der Waals surface area contributed by atoms with Gasteiger partial charge in [-0.2, -0.15) is 15.6 Å². The van der Waals surface area contributed by atoms with E-state index in [4.69, 9.17) is 21.6 Å². The molecule has 0 atom stereocenters. The summed E-state index contributed by atoms with van der Waals surface area (Å²) in [6.07, 6.45) is 7.50. The number of carbonyl (C=O) groups is 1. The van der Waals surface area contributed by atoms with E-state index in [1.54, 1.807) is 12.1 Å². The fourth-order valence-electron chi connectivity index (χ4n) is 1.70. The van der Waals surface area contributed by atoms with E-state index < -0.39 is 5.97 Å². The number of ether oxygens (including phenoxy) is 1. The molecule has 0 fully saturated rings. The van der Waals surface area contributed by atoms with Crippen molar-refractivity contribution in [2.24, 2.45) is 0 Å². The second-order valence-corrected chi connectivity index (χ2v) is 4.60. The quantitative estimate of drug-likeness (QED) is 0.642. The molecule has 1 aliphatic rings.